The van der Waals surface area contributed by atoms with Crippen LogP contribution in [0.1, 0.15) is 11.3 Å². The molecule has 0 saturated carbocycles. The predicted molar refractivity (Wildman–Crippen MR) is 71.4 cm³/mol. The third-order valence-corrected chi connectivity index (χ3v) is 3.13. The van der Waals surface area contributed by atoms with Crippen LogP contribution in [-0.4, -0.2) is 6.04 Å². The zero-order valence-electron chi connectivity index (χ0n) is 9.40. The molecular formula is C13H15BrN2O. The monoisotopic (exact) mass is 294 g/mol. The zero-order chi connectivity index (χ0) is 12.1. The Kier molecular flexibility index (Phi) is 4.36. The molecule has 0 saturated heterocycles. The molecule has 90 valence electrons. The summed E-state index contributed by atoms with van der Waals surface area (Å²) in [4.78, 5) is 0. The van der Waals surface area contributed by atoms with Crippen molar-refractivity contribution in [3.63, 3.8) is 0 Å². The number of nitrogens with one attached hydrogen (secondary N) is 1. The van der Waals surface area contributed by atoms with E-state index in [-0.39, 0.29) is 6.04 Å². The number of hydrogen-bond acceptors (Lipinski definition) is 3. The first kappa shape index (κ1) is 12.4. The molecule has 2 aromatic rings. The molecule has 2 rings (SSSR count). The first-order valence-electron chi connectivity index (χ1n) is 5.51. The van der Waals surface area contributed by atoms with Gasteiger partial charge in [0.15, 0.2) is 0 Å². The Hall–Kier alpha value is -1.10. The van der Waals surface area contributed by atoms with Crippen LogP contribution in [0.4, 0.5) is 0 Å². The summed E-state index contributed by atoms with van der Waals surface area (Å²) < 4.78 is 6.41. The molecule has 1 aromatic heterocycles. The van der Waals surface area contributed by atoms with Gasteiger partial charge in [0.05, 0.1) is 6.26 Å². The van der Waals surface area contributed by atoms with Crippen LogP contribution in [0.3, 0.4) is 0 Å². The van der Waals surface area contributed by atoms with Gasteiger partial charge in [-0.2, -0.15) is 0 Å². The highest BCUT2D eigenvalue weighted by molar-refractivity contribution is 9.10. The van der Waals surface area contributed by atoms with Crippen LogP contribution >= 0.6 is 15.9 Å². The van der Waals surface area contributed by atoms with Gasteiger partial charge in [-0.15, -0.1) is 0 Å². The summed E-state index contributed by atoms with van der Waals surface area (Å²) in [5.41, 5.74) is 4.08. The van der Waals surface area contributed by atoms with Crippen LogP contribution in [0.15, 0.2) is 51.6 Å². The van der Waals surface area contributed by atoms with Crippen molar-refractivity contribution in [1.82, 2.24) is 5.43 Å². The van der Waals surface area contributed by atoms with E-state index in [9.17, 15) is 0 Å². The van der Waals surface area contributed by atoms with Crippen LogP contribution in [0, 0.1) is 0 Å². The fourth-order valence-electron chi connectivity index (χ4n) is 1.81. The molecule has 0 bridgehead atoms. The molecule has 1 unspecified atom stereocenters. The number of nitrogens with two attached hydrogens (primary N) is 1. The largest absolute Gasteiger partial charge is 0.469 e. The Balaban J connectivity index is 2.00. The minimum absolute atomic E-state index is 0.176. The van der Waals surface area contributed by atoms with Gasteiger partial charge in [0.2, 0.25) is 0 Å². The van der Waals surface area contributed by atoms with E-state index in [4.69, 9.17) is 10.3 Å². The number of benzene rings is 1. The Morgan fingerprint density at radius 3 is 2.76 bits per heavy atom. The standard InChI is InChI=1S/C13H15BrN2O/c14-11-4-1-3-10(7-11)8-12(16-15)9-13-5-2-6-17-13/h1-7,12,16H,8-9,15H2. The second kappa shape index (κ2) is 6.00. The predicted octanol–water partition coefficient (Wildman–Crippen LogP) is 2.66. The van der Waals surface area contributed by atoms with Gasteiger partial charge in [0, 0.05) is 16.9 Å². The SMILES string of the molecule is NNC(Cc1cccc(Br)c1)Cc1ccco1. The van der Waals surface area contributed by atoms with Crippen LogP contribution < -0.4 is 11.3 Å². The van der Waals surface area contributed by atoms with Crippen molar-refractivity contribution in [3.05, 3.63) is 58.5 Å². The summed E-state index contributed by atoms with van der Waals surface area (Å²) in [5.74, 6) is 6.52. The Labute approximate surface area is 109 Å². The summed E-state index contributed by atoms with van der Waals surface area (Å²) in [6.07, 6.45) is 3.34. The summed E-state index contributed by atoms with van der Waals surface area (Å²) in [6, 6.07) is 12.3. The number of rotatable bonds is 5. The zero-order valence-corrected chi connectivity index (χ0v) is 11.0. The number of furan rings is 1. The minimum Gasteiger partial charge on any atom is -0.469 e. The molecule has 4 heteroatoms. The van der Waals surface area contributed by atoms with Crippen molar-refractivity contribution < 1.29 is 4.42 Å². The lowest BCUT2D eigenvalue weighted by molar-refractivity contribution is 0.444. The smallest absolute Gasteiger partial charge is 0.105 e. The number of hydrogen-bond donors (Lipinski definition) is 2. The fraction of sp³-hybridized carbons (Fsp3) is 0.231. The maximum absolute atomic E-state index is 5.57. The highest BCUT2D eigenvalue weighted by atomic mass is 79.9. The van der Waals surface area contributed by atoms with Crippen molar-refractivity contribution >= 4 is 15.9 Å². The summed E-state index contributed by atoms with van der Waals surface area (Å²) in [6.45, 7) is 0. The average molecular weight is 295 g/mol. The molecule has 1 atom stereocenters. The van der Waals surface area contributed by atoms with Crippen molar-refractivity contribution in [2.24, 2.45) is 5.84 Å². The molecule has 1 aromatic carbocycles. The molecule has 0 aliphatic rings. The molecule has 0 aliphatic heterocycles. The second-order valence-corrected chi connectivity index (χ2v) is 4.90. The second-order valence-electron chi connectivity index (χ2n) is 3.98. The molecule has 1 heterocycles. The van der Waals surface area contributed by atoms with Gasteiger partial charge in [0.1, 0.15) is 5.76 Å². The molecule has 17 heavy (non-hydrogen) atoms. The summed E-state index contributed by atoms with van der Waals surface area (Å²) in [5, 5.41) is 0. The van der Waals surface area contributed by atoms with Crippen molar-refractivity contribution in [1.29, 1.82) is 0 Å². The van der Waals surface area contributed by atoms with E-state index in [2.05, 4.69) is 33.5 Å². The van der Waals surface area contributed by atoms with Gasteiger partial charge in [-0.05, 0) is 36.2 Å². The van der Waals surface area contributed by atoms with Gasteiger partial charge in [0.25, 0.3) is 0 Å². The molecule has 3 nitrogen and oxygen atoms in total. The van der Waals surface area contributed by atoms with Crippen LogP contribution in [0.25, 0.3) is 0 Å². The van der Waals surface area contributed by atoms with E-state index >= 15 is 0 Å². The Bertz CT molecular complexity index is 456. The maximum Gasteiger partial charge on any atom is 0.105 e. The van der Waals surface area contributed by atoms with Crippen molar-refractivity contribution in [3.8, 4) is 0 Å². The fourth-order valence-corrected chi connectivity index (χ4v) is 2.26. The number of halogens is 1. The topological polar surface area (TPSA) is 51.2 Å². The summed E-state index contributed by atoms with van der Waals surface area (Å²) in [7, 11) is 0. The lowest BCUT2D eigenvalue weighted by Crippen LogP contribution is -2.38. The third-order valence-electron chi connectivity index (χ3n) is 2.63. The lowest BCUT2D eigenvalue weighted by Gasteiger charge is -2.14. The van der Waals surface area contributed by atoms with Crippen molar-refractivity contribution in [2.45, 2.75) is 18.9 Å². The van der Waals surface area contributed by atoms with E-state index in [0.29, 0.717) is 0 Å². The molecule has 0 radical (unpaired) electrons. The van der Waals surface area contributed by atoms with E-state index in [0.717, 1.165) is 23.1 Å². The Morgan fingerprint density at radius 1 is 1.24 bits per heavy atom. The van der Waals surface area contributed by atoms with E-state index in [1.165, 1.54) is 5.56 Å². The van der Waals surface area contributed by atoms with Crippen LogP contribution in [-0.2, 0) is 12.8 Å². The maximum atomic E-state index is 5.57. The molecule has 0 aliphatic carbocycles. The quantitative estimate of drug-likeness (QED) is 0.658. The first-order valence-corrected chi connectivity index (χ1v) is 6.30. The van der Waals surface area contributed by atoms with Gasteiger partial charge < -0.3 is 4.42 Å². The molecule has 0 spiro atoms. The summed E-state index contributed by atoms with van der Waals surface area (Å²) >= 11 is 3.46. The molecule has 0 amide bonds. The average Bonchev–Trinajstić information content (AvgIpc) is 2.81. The van der Waals surface area contributed by atoms with E-state index in [1.54, 1.807) is 6.26 Å². The van der Waals surface area contributed by atoms with Gasteiger partial charge in [-0.1, -0.05) is 28.1 Å². The van der Waals surface area contributed by atoms with Gasteiger partial charge in [-0.3, -0.25) is 11.3 Å². The number of hydrazine groups is 1. The van der Waals surface area contributed by atoms with Crippen molar-refractivity contribution in [2.75, 3.05) is 0 Å². The third kappa shape index (κ3) is 3.70. The van der Waals surface area contributed by atoms with E-state index < -0.39 is 0 Å². The first-order chi connectivity index (χ1) is 8.28. The highest BCUT2D eigenvalue weighted by Crippen LogP contribution is 2.14. The van der Waals surface area contributed by atoms with Crippen LogP contribution in [0.5, 0.6) is 0 Å². The molecular weight excluding hydrogens is 280 g/mol. The molecule has 3 N–H and O–H groups in total. The van der Waals surface area contributed by atoms with Crippen LogP contribution in [0.2, 0.25) is 0 Å². The minimum atomic E-state index is 0.176. The van der Waals surface area contributed by atoms with E-state index in [1.807, 2.05) is 24.3 Å². The Morgan fingerprint density at radius 2 is 2.12 bits per heavy atom. The highest BCUT2D eigenvalue weighted by Gasteiger charge is 2.10. The van der Waals surface area contributed by atoms with Gasteiger partial charge >= 0.3 is 0 Å². The normalized spacial score (nSPS) is 12.6. The molecule has 0 fully saturated rings. The lowest BCUT2D eigenvalue weighted by atomic mass is 10.0. The van der Waals surface area contributed by atoms with Gasteiger partial charge in [-0.25, -0.2) is 0 Å².